The van der Waals surface area contributed by atoms with E-state index >= 15 is 0 Å². The zero-order chi connectivity index (χ0) is 25.0. The summed E-state index contributed by atoms with van der Waals surface area (Å²) in [6, 6.07) is -0.361. The molecule has 0 aliphatic carbocycles. The van der Waals surface area contributed by atoms with E-state index in [9.17, 15) is 18.8 Å². The molecule has 0 bridgehead atoms. The number of halogens is 1. The van der Waals surface area contributed by atoms with E-state index in [2.05, 4.69) is 11.8 Å². The highest BCUT2D eigenvalue weighted by molar-refractivity contribution is 5.94. The first-order chi connectivity index (χ1) is 14.2. The van der Waals surface area contributed by atoms with Crippen molar-refractivity contribution < 1.29 is 23.9 Å². The summed E-state index contributed by atoms with van der Waals surface area (Å²) in [7, 11) is 7.33. The molecule has 1 aliphatic rings. The number of rotatable bonds is 5. The maximum atomic E-state index is 13.7. The van der Waals surface area contributed by atoms with E-state index in [1.807, 2.05) is 60.5 Å². The molecule has 0 saturated carbocycles. The second-order valence-electron chi connectivity index (χ2n) is 8.64. The summed E-state index contributed by atoms with van der Waals surface area (Å²) >= 11 is 0. The molecule has 1 heterocycles. The smallest absolute Gasteiger partial charge is 0.321 e. The summed E-state index contributed by atoms with van der Waals surface area (Å²) in [5, 5.41) is 8.67. The van der Waals surface area contributed by atoms with Crippen molar-refractivity contribution in [1.82, 2.24) is 14.7 Å². The number of carboxylic acids is 1. The van der Waals surface area contributed by atoms with Gasteiger partial charge >= 0.3 is 5.97 Å². The summed E-state index contributed by atoms with van der Waals surface area (Å²) in [6.45, 7) is 12.1. The number of piperidine rings is 1. The highest BCUT2D eigenvalue weighted by Crippen LogP contribution is 2.24. The van der Waals surface area contributed by atoms with Crippen LogP contribution in [0.1, 0.15) is 54.4 Å². The van der Waals surface area contributed by atoms with Crippen molar-refractivity contribution in [2.45, 2.75) is 71.6 Å². The van der Waals surface area contributed by atoms with Gasteiger partial charge in [0.15, 0.2) is 12.0 Å². The van der Waals surface area contributed by atoms with Crippen LogP contribution in [0.4, 0.5) is 4.39 Å². The van der Waals surface area contributed by atoms with Gasteiger partial charge in [-0.2, -0.15) is 0 Å². The van der Waals surface area contributed by atoms with E-state index in [0.717, 1.165) is 0 Å². The second-order valence-corrected chi connectivity index (χ2v) is 8.64. The fourth-order valence-electron chi connectivity index (χ4n) is 2.70. The van der Waals surface area contributed by atoms with Gasteiger partial charge in [-0.25, -0.2) is 4.39 Å². The number of likely N-dealkylation sites (N-methyl/N-ethyl adjacent to an activating group) is 1. The van der Waals surface area contributed by atoms with E-state index in [0.29, 0.717) is 6.29 Å². The average molecular weight is 444 g/mol. The molecule has 0 spiro atoms. The SMILES string of the molecule is CC.CC(C)C(C(=O)O)N(C)C.CN(C)C(C)(C)C#CC(=O)N1CCC(F)(C=O)CC1. The molecule has 0 aromatic heterocycles. The fraction of sp³-hybridized carbons (Fsp3) is 0.783. The Balaban J connectivity index is 0. The van der Waals surface area contributed by atoms with Crippen LogP contribution in [0, 0.1) is 17.8 Å². The lowest BCUT2D eigenvalue weighted by Gasteiger charge is -2.32. The fourth-order valence-corrected chi connectivity index (χ4v) is 2.70. The number of carboxylic acid groups (broad SMARTS) is 1. The lowest BCUT2D eigenvalue weighted by atomic mass is 9.95. The molecule has 1 N–H and O–H groups in total. The van der Waals surface area contributed by atoms with Gasteiger partial charge in [-0.05, 0) is 53.9 Å². The normalized spacial score (nSPS) is 16.3. The monoisotopic (exact) mass is 443 g/mol. The topological polar surface area (TPSA) is 81.2 Å². The Morgan fingerprint density at radius 3 is 1.84 bits per heavy atom. The van der Waals surface area contributed by atoms with Crippen LogP contribution in [0.5, 0.6) is 0 Å². The minimum atomic E-state index is -1.77. The Kier molecular flexibility index (Phi) is 14.2. The van der Waals surface area contributed by atoms with Crippen molar-refractivity contribution in [2.24, 2.45) is 5.92 Å². The van der Waals surface area contributed by atoms with E-state index < -0.39 is 17.2 Å². The molecule has 0 aromatic carbocycles. The summed E-state index contributed by atoms with van der Waals surface area (Å²) in [6.07, 6.45) is 0.456. The van der Waals surface area contributed by atoms with Crippen LogP contribution in [-0.4, -0.2) is 96.5 Å². The molecule has 1 rings (SSSR count). The first-order valence-electron chi connectivity index (χ1n) is 10.7. The molecular weight excluding hydrogens is 401 g/mol. The molecule has 180 valence electrons. The molecule has 7 nitrogen and oxygen atoms in total. The van der Waals surface area contributed by atoms with Crippen molar-refractivity contribution in [3.63, 3.8) is 0 Å². The molecule has 1 fully saturated rings. The van der Waals surface area contributed by atoms with E-state index in [1.54, 1.807) is 19.0 Å². The lowest BCUT2D eigenvalue weighted by Crippen LogP contribution is -2.45. The third kappa shape index (κ3) is 11.3. The Morgan fingerprint density at radius 2 is 1.58 bits per heavy atom. The summed E-state index contributed by atoms with van der Waals surface area (Å²) in [5.74, 6) is 4.62. The van der Waals surface area contributed by atoms with E-state index in [4.69, 9.17) is 5.11 Å². The van der Waals surface area contributed by atoms with Crippen LogP contribution in [0.3, 0.4) is 0 Å². The number of alkyl halides is 1. The van der Waals surface area contributed by atoms with Crippen molar-refractivity contribution in [1.29, 1.82) is 0 Å². The number of amides is 1. The van der Waals surface area contributed by atoms with Crippen LogP contribution in [0.25, 0.3) is 0 Å². The second kappa shape index (κ2) is 14.2. The van der Waals surface area contributed by atoms with Crippen molar-refractivity contribution in [3.8, 4) is 11.8 Å². The number of aldehydes is 1. The van der Waals surface area contributed by atoms with Crippen LogP contribution >= 0.6 is 0 Å². The zero-order valence-electron chi connectivity index (χ0n) is 21.0. The standard InChI is InChI=1S/C14H21FN2O2.C7H15NO2.C2H6/c1-13(2,16(3)4)6-5-12(19)17-9-7-14(15,11-18)8-10-17;1-5(2)6(7(9)10)8(3)4;1-2/h11H,7-10H2,1-4H3;5-6H,1-4H3,(H,9,10);1-2H3. The van der Waals surface area contributed by atoms with Gasteiger partial charge in [-0.15, -0.1) is 0 Å². The first-order valence-corrected chi connectivity index (χ1v) is 10.7. The van der Waals surface area contributed by atoms with Crippen molar-refractivity contribution in [3.05, 3.63) is 0 Å². The van der Waals surface area contributed by atoms with Crippen LogP contribution in [0.2, 0.25) is 0 Å². The van der Waals surface area contributed by atoms with Crippen molar-refractivity contribution in [2.75, 3.05) is 41.3 Å². The Bertz CT molecular complexity index is 620. The molecule has 8 heteroatoms. The molecule has 0 radical (unpaired) electrons. The average Bonchev–Trinajstić information content (AvgIpc) is 2.67. The first kappa shape index (κ1) is 31.2. The largest absolute Gasteiger partial charge is 0.480 e. The third-order valence-corrected chi connectivity index (χ3v) is 5.13. The van der Waals surface area contributed by atoms with Gasteiger partial charge < -0.3 is 10.0 Å². The molecule has 1 aliphatic heterocycles. The Hall–Kier alpha value is -1.98. The van der Waals surface area contributed by atoms with Gasteiger partial charge in [0, 0.05) is 25.9 Å². The van der Waals surface area contributed by atoms with Crippen LogP contribution in [0.15, 0.2) is 0 Å². The number of hydrogen-bond acceptors (Lipinski definition) is 5. The predicted molar refractivity (Wildman–Crippen MR) is 123 cm³/mol. The molecule has 1 atom stereocenters. The van der Waals surface area contributed by atoms with Gasteiger partial charge in [0.2, 0.25) is 0 Å². The summed E-state index contributed by atoms with van der Waals surface area (Å²) < 4.78 is 13.7. The van der Waals surface area contributed by atoms with Crippen LogP contribution < -0.4 is 0 Å². The minimum absolute atomic E-state index is 0.0565. The number of hydrogen-bond donors (Lipinski definition) is 1. The number of nitrogens with zero attached hydrogens (tertiary/aromatic N) is 3. The zero-order valence-corrected chi connectivity index (χ0v) is 21.0. The highest BCUT2D eigenvalue weighted by atomic mass is 19.1. The van der Waals surface area contributed by atoms with E-state index in [-0.39, 0.29) is 43.8 Å². The highest BCUT2D eigenvalue weighted by Gasteiger charge is 2.35. The Morgan fingerprint density at radius 1 is 1.13 bits per heavy atom. The number of carbonyl (C=O) groups is 3. The number of likely N-dealkylation sites (tertiary alicyclic amines) is 1. The molecule has 1 unspecified atom stereocenters. The van der Waals surface area contributed by atoms with Gasteiger partial charge in [0.25, 0.3) is 5.91 Å². The predicted octanol–water partition coefficient (Wildman–Crippen LogP) is 2.54. The lowest BCUT2D eigenvalue weighted by molar-refractivity contribution is -0.143. The van der Waals surface area contributed by atoms with Gasteiger partial charge in [0.1, 0.15) is 6.04 Å². The van der Waals surface area contributed by atoms with Gasteiger partial charge in [0.05, 0.1) is 5.54 Å². The van der Waals surface area contributed by atoms with Crippen molar-refractivity contribution >= 4 is 18.2 Å². The molecule has 0 aromatic rings. The van der Waals surface area contributed by atoms with Gasteiger partial charge in [-0.3, -0.25) is 24.2 Å². The summed E-state index contributed by atoms with van der Waals surface area (Å²) in [5.41, 5.74) is -2.16. The molecule has 1 saturated heterocycles. The molecular formula is C23H42FN3O4. The minimum Gasteiger partial charge on any atom is -0.480 e. The maximum absolute atomic E-state index is 13.7. The Labute approximate surface area is 187 Å². The quantitative estimate of drug-likeness (QED) is 0.520. The van der Waals surface area contributed by atoms with Gasteiger partial charge in [-0.1, -0.05) is 33.6 Å². The maximum Gasteiger partial charge on any atom is 0.321 e. The molecule has 1 amide bonds. The van der Waals surface area contributed by atoms with Crippen LogP contribution in [-0.2, 0) is 14.4 Å². The summed E-state index contributed by atoms with van der Waals surface area (Å²) in [4.78, 5) is 38.1. The third-order valence-electron chi connectivity index (χ3n) is 5.13. The van der Waals surface area contributed by atoms with E-state index in [1.165, 1.54) is 4.90 Å². The molecule has 31 heavy (non-hydrogen) atoms. The number of carbonyl (C=O) groups excluding carboxylic acids is 2. The number of aliphatic carboxylic acids is 1.